The largest absolute Gasteiger partial charge is 0.310 e. The van der Waals surface area contributed by atoms with E-state index in [0.29, 0.717) is 6.54 Å². The van der Waals surface area contributed by atoms with Crippen LogP contribution >= 0.6 is 11.6 Å². The van der Waals surface area contributed by atoms with Gasteiger partial charge in [0.1, 0.15) is 21.5 Å². The number of hydrogen-bond acceptors (Lipinski definition) is 3. The van der Waals surface area contributed by atoms with Crippen LogP contribution in [0.3, 0.4) is 0 Å². The Morgan fingerprint density at radius 2 is 1.95 bits per heavy atom. The van der Waals surface area contributed by atoms with Crippen LogP contribution in [-0.2, 0) is 9.84 Å². The van der Waals surface area contributed by atoms with Crippen LogP contribution in [0.4, 0.5) is 8.78 Å². The molecule has 0 heterocycles. The predicted octanol–water partition coefficient (Wildman–Crippen LogP) is 2.70. The molecule has 3 nitrogen and oxygen atoms in total. The minimum atomic E-state index is -3.16. The quantitative estimate of drug-likeness (QED) is 0.822. The molecule has 0 aliphatic rings. The summed E-state index contributed by atoms with van der Waals surface area (Å²) in [4.78, 5) is 0. The van der Waals surface area contributed by atoms with Gasteiger partial charge in [-0.2, -0.15) is 0 Å². The van der Waals surface area contributed by atoms with E-state index < -0.39 is 27.5 Å². The summed E-state index contributed by atoms with van der Waals surface area (Å²) in [5.41, 5.74) is 0.0902. The third-order valence-corrected chi connectivity index (χ3v) is 3.91. The highest BCUT2D eigenvalue weighted by Crippen LogP contribution is 2.26. The van der Waals surface area contributed by atoms with Gasteiger partial charge in [0.05, 0.1) is 10.8 Å². The second-order valence-electron chi connectivity index (χ2n) is 4.32. The van der Waals surface area contributed by atoms with Crippen molar-refractivity contribution in [1.29, 1.82) is 0 Å². The molecule has 0 spiro atoms. The Morgan fingerprint density at radius 1 is 1.32 bits per heavy atom. The van der Waals surface area contributed by atoms with Gasteiger partial charge in [-0.25, -0.2) is 17.2 Å². The van der Waals surface area contributed by atoms with Crippen molar-refractivity contribution in [3.8, 4) is 0 Å². The minimum absolute atomic E-state index is 0.0902. The Morgan fingerprint density at radius 3 is 2.47 bits per heavy atom. The first-order valence-corrected chi connectivity index (χ1v) is 8.24. The fourth-order valence-corrected chi connectivity index (χ4v) is 2.57. The van der Waals surface area contributed by atoms with E-state index >= 15 is 0 Å². The zero-order valence-corrected chi connectivity index (χ0v) is 12.3. The monoisotopic (exact) mass is 311 g/mol. The first kappa shape index (κ1) is 16.3. The zero-order chi connectivity index (χ0) is 14.6. The molecule has 1 N–H and O–H groups in total. The maximum atomic E-state index is 13.8. The Kier molecular flexibility index (Phi) is 5.70. The van der Waals surface area contributed by atoms with Crippen molar-refractivity contribution in [2.45, 2.75) is 19.4 Å². The van der Waals surface area contributed by atoms with Crippen LogP contribution in [0.15, 0.2) is 12.1 Å². The summed E-state index contributed by atoms with van der Waals surface area (Å²) >= 11 is 5.49. The van der Waals surface area contributed by atoms with E-state index in [2.05, 4.69) is 5.32 Å². The lowest BCUT2D eigenvalue weighted by molar-refractivity contribution is 0.491. The van der Waals surface area contributed by atoms with Crippen LogP contribution in [0.2, 0.25) is 5.02 Å². The molecule has 0 saturated heterocycles. The van der Waals surface area contributed by atoms with Gasteiger partial charge in [-0.05, 0) is 25.1 Å². The van der Waals surface area contributed by atoms with Gasteiger partial charge in [-0.15, -0.1) is 0 Å². The van der Waals surface area contributed by atoms with Crippen LogP contribution < -0.4 is 5.32 Å². The lowest BCUT2D eigenvalue weighted by atomic mass is 10.0. The van der Waals surface area contributed by atoms with Gasteiger partial charge in [0, 0.05) is 17.9 Å². The maximum absolute atomic E-state index is 13.8. The Labute approximate surface area is 116 Å². The second kappa shape index (κ2) is 6.63. The highest BCUT2D eigenvalue weighted by Gasteiger charge is 2.19. The summed E-state index contributed by atoms with van der Waals surface area (Å²) in [6.45, 7) is 2.32. The molecule has 0 bridgehead atoms. The maximum Gasteiger partial charge on any atom is 0.147 e. The summed E-state index contributed by atoms with van der Waals surface area (Å²) < 4.78 is 49.5. The summed E-state index contributed by atoms with van der Waals surface area (Å²) in [6, 6.07) is 1.34. The fourth-order valence-electron chi connectivity index (χ4n) is 1.75. The molecular formula is C12H16ClF2NO2S. The van der Waals surface area contributed by atoms with E-state index in [4.69, 9.17) is 11.6 Å². The van der Waals surface area contributed by atoms with Crippen molar-refractivity contribution in [1.82, 2.24) is 5.32 Å². The molecule has 0 aromatic heterocycles. The molecule has 0 radical (unpaired) electrons. The standard InChI is InChI=1S/C12H16ClF2NO2S/c1-3-16-12(4-5-19(2,17)18)8-6-11(15)9(13)7-10(8)14/h6-7,12,16H,3-5H2,1-2H3. The molecule has 7 heteroatoms. The third-order valence-electron chi connectivity index (χ3n) is 2.64. The van der Waals surface area contributed by atoms with Gasteiger partial charge in [-0.1, -0.05) is 18.5 Å². The predicted molar refractivity (Wildman–Crippen MR) is 72.1 cm³/mol. The fraction of sp³-hybridized carbons (Fsp3) is 0.500. The van der Waals surface area contributed by atoms with Crippen molar-refractivity contribution in [3.05, 3.63) is 34.4 Å². The molecule has 0 aliphatic carbocycles. The molecule has 108 valence electrons. The summed E-state index contributed by atoms with van der Waals surface area (Å²) in [5.74, 6) is -1.47. The normalized spacial score (nSPS) is 13.5. The van der Waals surface area contributed by atoms with Gasteiger partial charge < -0.3 is 5.32 Å². The van der Waals surface area contributed by atoms with E-state index in [1.165, 1.54) is 0 Å². The van der Waals surface area contributed by atoms with E-state index in [1.54, 1.807) is 6.92 Å². The topological polar surface area (TPSA) is 46.2 Å². The number of sulfone groups is 1. The third kappa shape index (κ3) is 5.04. The number of rotatable bonds is 6. The van der Waals surface area contributed by atoms with Crippen molar-refractivity contribution in [3.63, 3.8) is 0 Å². The molecule has 19 heavy (non-hydrogen) atoms. The SMILES string of the molecule is CCNC(CCS(C)(=O)=O)c1cc(F)c(Cl)cc1F. The summed E-state index contributed by atoms with van der Waals surface area (Å²) in [5, 5.41) is 2.65. The van der Waals surface area contributed by atoms with Crippen LogP contribution in [0, 0.1) is 11.6 Å². The summed E-state index contributed by atoms with van der Waals surface area (Å²) in [6.07, 6.45) is 1.28. The van der Waals surface area contributed by atoms with E-state index in [1.807, 2.05) is 0 Å². The van der Waals surface area contributed by atoms with Crippen LogP contribution in [0.25, 0.3) is 0 Å². The lowest BCUT2D eigenvalue weighted by Gasteiger charge is -2.19. The molecule has 0 aliphatic heterocycles. The van der Waals surface area contributed by atoms with Crippen LogP contribution in [-0.4, -0.2) is 27.0 Å². The van der Waals surface area contributed by atoms with E-state index in [-0.39, 0.29) is 22.8 Å². The van der Waals surface area contributed by atoms with Gasteiger partial charge in [0.25, 0.3) is 0 Å². The molecule has 1 aromatic rings. The smallest absolute Gasteiger partial charge is 0.147 e. The highest BCUT2D eigenvalue weighted by atomic mass is 35.5. The molecule has 0 saturated carbocycles. The molecular weight excluding hydrogens is 296 g/mol. The minimum Gasteiger partial charge on any atom is -0.310 e. The van der Waals surface area contributed by atoms with Gasteiger partial charge in [0.2, 0.25) is 0 Å². The molecule has 1 rings (SSSR count). The summed E-state index contributed by atoms with van der Waals surface area (Å²) in [7, 11) is -3.16. The van der Waals surface area contributed by atoms with Crippen molar-refractivity contribution in [2.75, 3.05) is 18.6 Å². The van der Waals surface area contributed by atoms with E-state index in [0.717, 1.165) is 18.4 Å². The molecule has 0 amide bonds. The number of hydrogen-bond donors (Lipinski definition) is 1. The molecule has 0 fully saturated rings. The number of halogens is 3. The molecule has 1 unspecified atom stereocenters. The molecule has 1 atom stereocenters. The lowest BCUT2D eigenvalue weighted by Crippen LogP contribution is -2.24. The molecule has 1 aromatic carbocycles. The highest BCUT2D eigenvalue weighted by molar-refractivity contribution is 7.90. The van der Waals surface area contributed by atoms with E-state index in [9.17, 15) is 17.2 Å². The van der Waals surface area contributed by atoms with Crippen LogP contribution in [0.1, 0.15) is 24.9 Å². The Bertz CT molecular complexity index is 549. The first-order chi connectivity index (χ1) is 8.74. The first-order valence-electron chi connectivity index (χ1n) is 5.80. The average molecular weight is 312 g/mol. The van der Waals surface area contributed by atoms with Crippen molar-refractivity contribution in [2.24, 2.45) is 0 Å². The zero-order valence-electron chi connectivity index (χ0n) is 10.7. The number of nitrogens with one attached hydrogen (secondary N) is 1. The van der Waals surface area contributed by atoms with Crippen molar-refractivity contribution >= 4 is 21.4 Å². The van der Waals surface area contributed by atoms with Gasteiger partial charge >= 0.3 is 0 Å². The van der Waals surface area contributed by atoms with Crippen LogP contribution in [0.5, 0.6) is 0 Å². The Hall–Kier alpha value is -0.720. The average Bonchev–Trinajstić information content (AvgIpc) is 2.28. The number of benzene rings is 1. The van der Waals surface area contributed by atoms with Gasteiger partial charge in [0.15, 0.2) is 0 Å². The Balaban J connectivity index is 3.02. The van der Waals surface area contributed by atoms with Crippen molar-refractivity contribution < 1.29 is 17.2 Å². The second-order valence-corrected chi connectivity index (χ2v) is 6.98. The van der Waals surface area contributed by atoms with Gasteiger partial charge in [-0.3, -0.25) is 0 Å².